The largest absolute Gasteiger partial charge is 0.198 e. The summed E-state index contributed by atoms with van der Waals surface area (Å²) in [6.07, 6.45) is 0. The highest BCUT2D eigenvalue weighted by Crippen LogP contribution is 1.92. The average Bonchev–Trinajstić information content (AvgIpc) is 2.08. The van der Waals surface area contributed by atoms with Crippen LogP contribution in [0.4, 0.5) is 0 Å². The smallest absolute Gasteiger partial charge is 0.106 e. The Labute approximate surface area is 82.7 Å². The minimum absolute atomic E-state index is 0.815. The van der Waals surface area contributed by atoms with Crippen LogP contribution in [0.2, 0.25) is 10.6 Å². The first-order valence-electron chi connectivity index (χ1n) is 4.64. The molecule has 0 aromatic heterocycles. The molecule has 0 aliphatic heterocycles. The molecule has 0 aliphatic carbocycles. The average molecular weight is 177 g/mol. The van der Waals surface area contributed by atoms with Crippen molar-refractivity contribution in [3.05, 3.63) is 35.9 Å². The second-order valence-corrected chi connectivity index (χ2v) is 4.97. The van der Waals surface area contributed by atoms with Crippen molar-refractivity contribution in [3.8, 4) is 0 Å². The number of rotatable bonds is 2. The van der Waals surface area contributed by atoms with Gasteiger partial charge in [0, 0.05) is 0 Å². The molecule has 1 aromatic rings. The molecule has 0 N–H and O–H groups in total. The van der Waals surface area contributed by atoms with Crippen LogP contribution in [0.3, 0.4) is 0 Å². The van der Waals surface area contributed by atoms with E-state index in [1.54, 1.807) is 0 Å². The Balaban J connectivity index is 0.000000217. The Morgan fingerprint density at radius 3 is 1.67 bits per heavy atom. The molecule has 1 heteroatoms. The van der Waals surface area contributed by atoms with Gasteiger partial charge in [-0.1, -0.05) is 49.7 Å². The first kappa shape index (κ1) is 11.8. The van der Waals surface area contributed by atoms with E-state index in [1.165, 1.54) is 16.1 Å². The van der Waals surface area contributed by atoms with Crippen molar-refractivity contribution >= 4 is 15.2 Å². The van der Waals surface area contributed by atoms with Crippen molar-refractivity contribution in [2.75, 3.05) is 0 Å². The molecule has 0 nitrogen and oxygen atoms in total. The van der Waals surface area contributed by atoms with Crippen LogP contribution in [0, 0.1) is 6.92 Å². The summed E-state index contributed by atoms with van der Waals surface area (Å²) in [5.74, 6) is 0. The summed E-state index contributed by atoms with van der Waals surface area (Å²) >= 11 is 0.815. The van der Waals surface area contributed by atoms with Gasteiger partial charge >= 0.3 is 0 Å². The van der Waals surface area contributed by atoms with Gasteiger partial charge in [-0.05, 0) is 6.92 Å². The molecule has 65 valence electrons. The summed E-state index contributed by atoms with van der Waals surface area (Å²) in [7, 11) is 0. The van der Waals surface area contributed by atoms with Crippen molar-refractivity contribution < 1.29 is 0 Å². The molecule has 0 saturated carbocycles. The van der Waals surface area contributed by atoms with Crippen LogP contribution >= 0.6 is 0 Å². The van der Waals surface area contributed by atoms with Crippen molar-refractivity contribution in [1.29, 1.82) is 0 Å². The molecule has 0 amide bonds. The second-order valence-electron chi connectivity index (χ2n) is 2.76. The van der Waals surface area contributed by atoms with E-state index in [9.17, 15) is 0 Å². The topological polar surface area (TPSA) is 0 Å². The Bertz CT molecular complexity index is 168. The highest BCUT2D eigenvalue weighted by molar-refractivity contribution is 6.34. The molecular formula is C11H18Al. The maximum Gasteiger partial charge on any atom is 0.198 e. The minimum atomic E-state index is 0.815. The van der Waals surface area contributed by atoms with Gasteiger partial charge in [-0.25, -0.2) is 0 Å². The van der Waals surface area contributed by atoms with Gasteiger partial charge in [-0.3, -0.25) is 0 Å². The minimum Gasteiger partial charge on any atom is -0.106 e. The maximum atomic E-state index is 2.25. The highest BCUT2D eigenvalue weighted by Gasteiger charge is 1.74. The lowest BCUT2D eigenvalue weighted by atomic mass is 10.2. The third kappa shape index (κ3) is 7.86. The zero-order valence-corrected chi connectivity index (χ0v) is 9.53. The molecule has 12 heavy (non-hydrogen) atoms. The number of hydrogen-bond donors (Lipinski definition) is 0. The number of hydrogen-bond acceptors (Lipinski definition) is 0. The zero-order valence-electron chi connectivity index (χ0n) is 8.38. The van der Waals surface area contributed by atoms with E-state index in [-0.39, 0.29) is 0 Å². The summed E-state index contributed by atoms with van der Waals surface area (Å²) in [6.45, 7) is 6.58. The fourth-order valence-electron chi connectivity index (χ4n) is 0.823. The predicted molar refractivity (Wildman–Crippen MR) is 57.9 cm³/mol. The van der Waals surface area contributed by atoms with Crippen LogP contribution in [0.15, 0.2) is 30.3 Å². The Hall–Kier alpha value is -0.248. The highest BCUT2D eigenvalue weighted by atomic mass is 27.1. The van der Waals surface area contributed by atoms with E-state index in [1.807, 2.05) is 18.2 Å². The third-order valence-electron chi connectivity index (χ3n) is 1.52. The predicted octanol–water partition coefficient (Wildman–Crippen LogP) is 3.56. The fourth-order valence-corrected chi connectivity index (χ4v) is 1.40. The Morgan fingerprint density at radius 1 is 1.00 bits per heavy atom. The number of benzene rings is 1. The SMILES string of the molecule is C[CH2][Al][CH2]C.Cc1ccccc1. The van der Waals surface area contributed by atoms with Crippen LogP contribution in [-0.4, -0.2) is 15.2 Å². The monoisotopic (exact) mass is 177 g/mol. The van der Waals surface area contributed by atoms with Gasteiger partial charge in [-0.2, -0.15) is 0 Å². The van der Waals surface area contributed by atoms with Crippen molar-refractivity contribution in [2.24, 2.45) is 0 Å². The molecule has 1 aromatic carbocycles. The van der Waals surface area contributed by atoms with Crippen LogP contribution in [-0.2, 0) is 0 Å². The van der Waals surface area contributed by atoms with Gasteiger partial charge in [0.2, 0.25) is 0 Å². The lowest BCUT2D eigenvalue weighted by Crippen LogP contribution is -1.76. The molecule has 0 bridgehead atoms. The lowest BCUT2D eigenvalue weighted by Gasteiger charge is -1.82. The van der Waals surface area contributed by atoms with Crippen LogP contribution < -0.4 is 0 Å². The van der Waals surface area contributed by atoms with Gasteiger partial charge in [-0.15, -0.1) is 10.6 Å². The molecule has 0 atom stereocenters. The van der Waals surface area contributed by atoms with E-state index < -0.39 is 0 Å². The van der Waals surface area contributed by atoms with E-state index in [2.05, 4.69) is 32.9 Å². The van der Waals surface area contributed by atoms with Crippen LogP contribution in [0.1, 0.15) is 19.4 Å². The van der Waals surface area contributed by atoms with E-state index in [0.717, 1.165) is 15.2 Å². The summed E-state index contributed by atoms with van der Waals surface area (Å²) in [5.41, 5.74) is 1.32. The third-order valence-corrected chi connectivity index (χ3v) is 2.67. The van der Waals surface area contributed by atoms with Gasteiger partial charge in [0.1, 0.15) is 0 Å². The van der Waals surface area contributed by atoms with Crippen molar-refractivity contribution in [2.45, 2.75) is 31.3 Å². The van der Waals surface area contributed by atoms with Gasteiger partial charge in [0.25, 0.3) is 0 Å². The quantitative estimate of drug-likeness (QED) is 0.606. The van der Waals surface area contributed by atoms with E-state index in [4.69, 9.17) is 0 Å². The maximum absolute atomic E-state index is 2.25. The summed E-state index contributed by atoms with van der Waals surface area (Å²) in [6, 6.07) is 10.3. The van der Waals surface area contributed by atoms with Crippen molar-refractivity contribution in [1.82, 2.24) is 0 Å². The standard InChI is InChI=1S/C7H8.2C2H5.Al/c1-7-5-3-2-4-6-7;2*1-2;/h2-6H,1H3;2*1H2,2H3;. The molecule has 1 radical (unpaired) electrons. The molecule has 0 aliphatic rings. The lowest BCUT2D eigenvalue weighted by molar-refractivity contribution is 1.36. The first-order chi connectivity index (χ1) is 5.81. The summed E-state index contributed by atoms with van der Waals surface area (Å²) in [4.78, 5) is 0. The van der Waals surface area contributed by atoms with Crippen molar-refractivity contribution in [3.63, 3.8) is 0 Å². The van der Waals surface area contributed by atoms with E-state index in [0.29, 0.717) is 0 Å². The van der Waals surface area contributed by atoms with Crippen LogP contribution in [0.25, 0.3) is 0 Å². The molecule has 0 fully saturated rings. The molecule has 0 spiro atoms. The van der Waals surface area contributed by atoms with Gasteiger partial charge in [0.05, 0.1) is 0 Å². The molecular weight excluding hydrogens is 159 g/mol. The Kier molecular flexibility index (Phi) is 8.66. The van der Waals surface area contributed by atoms with Crippen LogP contribution in [0.5, 0.6) is 0 Å². The zero-order chi connectivity index (χ0) is 9.23. The number of aryl methyl sites for hydroxylation is 1. The molecule has 0 heterocycles. The normalized spacial score (nSPS) is 8.25. The second kappa shape index (κ2) is 8.85. The van der Waals surface area contributed by atoms with Gasteiger partial charge in [0.15, 0.2) is 15.2 Å². The fraction of sp³-hybridized carbons (Fsp3) is 0.455. The van der Waals surface area contributed by atoms with E-state index >= 15 is 0 Å². The summed E-state index contributed by atoms with van der Waals surface area (Å²) in [5, 5.41) is 2.85. The first-order valence-corrected chi connectivity index (χ1v) is 6.27. The Morgan fingerprint density at radius 2 is 1.50 bits per heavy atom. The molecule has 0 saturated heterocycles. The molecule has 0 unspecified atom stereocenters. The summed E-state index contributed by atoms with van der Waals surface area (Å²) < 4.78 is 0. The van der Waals surface area contributed by atoms with Gasteiger partial charge < -0.3 is 0 Å². The molecule has 1 rings (SSSR count).